The molecule has 1 fully saturated rings. The number of ether oxygens (including phenoxy) is 12. The summed E-state index contributed by atoms with van der Waals surface area (Å²) in [5.41, 5.74) is 0. The highest BCUT2D eigenvalue weighted by Gasteiger charge is 2.32. The lowest BCUT2D eigenvalue weighted by atomic mass is 9.92. The van der Waals surface area contributed by atoms with Crippen molar-refractivity contribution in [2.75, 3.05) is 140 Å². The van der Waals surface area contributed by atoms with Gasteiger partial charge < -0.3 is 103 Å². The van der Waals surface area contributed by atoms with E-state index in [1.165, 1.54) is 21.3 Å². The second-order valence-corrected chi connectivity index (χ2v) is 14.0. The lowest BCUT2D eigenvalue weighted by molar-refractivity contribution is -0.139. The van der Waals surface area contributed by atoms with Crippen molar-refractivity contribution >= 4 is 0 Å². The smallest absolute Gasteiger partial charge is 0.101 e. The Morgan fingerprint density at radius 3 is 0.614 bits per heavy atom. The van der Waals surface area contributed by atoms with Crippen LogP contribution in [0.3, 0.4) is 0 Å². The van der Waals surface area contributed by atoms with Crippen LogP contribution in [0.15, 0.2) is 0 Å². The van der Waals surface area contributed by atoms with Crippen LogP contribution in [0.2, 0.25) is 0 Å². The molecule has 0 saturated heterocycles. The summed E-state index contributed by atoms with van der Waals surface area (Å²) in [6.07, 6.45) is -8.50. The first kappa shape index (κ1) is 54.2. The number of hydrogen-bond donors (Lipinski definition) is 9. The number of rotatable bonds is 39. The highest BCUT2D eigenvalue weighted by Crippen LogP contribution is 2.27. The third kappa shape index (κ3) is 30.8. The van der Waals surface area contributed by atoms with Crippen molar-refractivity contribution < 1.29 is 103 Å². The number of methoxy groups -OCH3 is 3. The van der Waals surface area contributed by atoms with Crippen LogP contribution in [0, 0.1) is 0 Å². The summed E-state index contributed by atoms with van der Waals surface area (Å²) in [6.45, 7) is -0.917. The lowest BCUT2D eigenvalue weighted by Crippen LogP contribution is -2.41. The molecule has 0 bridgehead atoms. The monoisotopic (exact) mass is 840 g/mol. The van der Waals surface area contributed by atoms with Crippen molar-refractivity contribution in [2.24, 2.45) is 0 Å². The van der Waals surface area contributed by atoms with Crippen molar-refractivity contribution in [3.05, 3.63) is 0 Å². The molecule has 9 N–H and O–H groups in total. The van der Waals surface area contributed by atoms with Gasteiger partial charge in [0.2, 0.25) is 0 Å². The van der Waals surface area contributed by atoms with E-state index < -0.39 is 73.2 Å². The Morgan fingerprint density at radius 1 is 0.281 bits per heavy atom. The highest BCUT2D eigenvalue weighted by molar-refractivity contribution is 4.82. The van der Waals surface area contributed by atoms with Gasteiger partial charge in [0.25, 0.3) is 0 Å². The Kier molecular flexibility index (Phi) is 33.1. The predicted octanol–water partition coefficient (Wildman–Crippen LogP) is -4.39. The molecule has 1 aliphatic rings. The van der Waals surface area contributed by atoms with E-state index in [2.05, 4.69) is 0 Å². The predicted molar refractivity (Wildman–Crippen MR) is 198 cm³/mol. The second kappa shape index (κ2) is 34.8. The van der Waals surface area contributed by atoms with Crippen molar-refractivity contribution in [1.82, 2.24) is 0 Å². The van der Waals surface area contributed by atoms with Crippen LogP contribution in [0.1, 0.15) is 19.3 Å². The minimum Gasteiger partial charge on any atom is -0.388 e. The summed E-state index contributed by atoms with van der Waals surface area (Å²) < 4.78 is 64.2. The number of aliphatic hydroxyl groups is 9. The van der Waals surface area contributed by atoms with Crippen LogP contribution in [-0.2, 0) is 56.8 Å². The highest BCUT2D eigenvalue weighted by atomic mass is 16.6. The van der Waals surface area contributed by atoms with E-state index in [0.29, 0.717) is 19.3 Å². The van der Waals surface area contributed by atoms with Gasteiger partial charge in [-0.3, -0.25) is 0 Å². The minimum atomic E-state index is -1.02. The van der Waals surface area contributed by atoms with Gasteiger partial charge in [-0.25, -0.2) is 0 Å². The maximum absolute atomic E-state index is 10.5. The van der Waals surface area contributed by atoms with Gasteiger partial charge in [-0.15, -0.1) is 0 Å². The zero-order valence-corrected chi connectivity index (χ0v) is 33.7. The molecule has 0 aromatic rings. The van der Waals surface area contributed by atoms with Crippen LogP contribution in [0.5, 0.6) is 0 Å². The van der Waals surface area contributed by atoms with E-state index in [1.807, 2.05) is 0 Å². The first-order valence-electron chi connectivity index (χ1n) is 19.2. The molecule has 0 aromatic heterocycles. The fourth-order valence-corrected chi connectivity index (χ4v) is 5.37. The Hall–Kier alpha value is -0.840. The van der Waals surface area contributed by atoms with Crippen LogP contribution in [0.4, 0.5) is 0 Å². The Labute approximate surface area is 335 Å². The average Bonchev–Trinajstić information content (AvgIpc) is 3.16. The Bertz CT molecular complexity index is 782. The summed E-state index contributed by atoms with van der Waals surface area (Å²) in [4.78, 5) is 0. The van der Waals surface area contributed by atoms with E-state index in [0.717, 1.165) is 0 Å². The molecule has 0 aliphatic heterocycles. The molecule has 1 aliphatic carbocycles. The van der Waals surface area contributed by atoms with Gasteiger partial charge in [0, 0.05) is 21.3 Å². The third-order valence-electron chi connectivity index (χ3n) is 7.95. The van der Waals surface area contributed by atoms with Crippen molar-refractivity contribution in [2.45, 2.75) is 92.5 Å². The van der Waals surface area contributed by atoms with Gasteiger partial charge in [0.05, 0.1) is 137 Å². The molecular formula is C36H72O21. The molecule has 1 saturated carbocycles. The van der Waals surface area contributed by atoms with Gasteiger partial charge in [-0.2, -0.15) is 0 Å². The summed E-state index contributed by atoms with van der Waals surface area (Å²) in [5, 5.41) is 90.3. The zero-order valence-electron chi connectivity index (χ0n) is 33.7. The minimum absolute atomic E-state index is 0.00962. The van der Waals surface area contributed by atoms with E-state index in [9.17, 15) is 46.0 Å². The molecule has 1 rings (SSSR count). The van der Waals surface area contributed by atoms with Crippen LogP contribution in [-0.4, -0.2) is 259 Å². The Balaban J connectivity index is 2.54. The van der Waals surface area contributed by atoms with E-state index >= 15 is 0 Å². The van der Waals surface area contributed by atoms with E-state index in [1.54, 1.807) is 0 Å². The van der Waals surface area contributed by atoms with Gasteiger partial charge >= 0.3 is 0 Å². The van der Waals surface area contributed by atoms with Gasteiger partial charge in [0.15, 0.2) is 0 Å². The maximum atomic E-state index is 10.5. The number of hydrogen-bond acceptors (Lipinski definition) is 21. The van der Waals surface area contributed by atoms with Gasteiger partial charge in [0.1, 0.15) is 54.9 Å². The maximum Gasteiger partial charge on any atom is 0.101 e. The zero-order chi connectivity index (χ0) is 42.3. The SMILES string of the molecule is COCC(O)COCC(O)COCC(O)COC1CC(OCC(O)COCC(O)COCC(O)COC)CC(OCC(O)COCC(O)COCC(O)COC)C1. The third-order valence-corrected chi connectivity index (χ3v) is 7.95. The largest absolute Gasteiger partial charge is 0.388 e. The molecule has 21 nitrogen and oxygen atoms in total. The summed E-state index contributed by atoms with van der Waals surface area (Å²) in [5.74, 6) is 0. The molecule has 9 unspecified atom stereocenters. The van der Waals surface area contributed by atoms with Gasteiger partial charge in [-0.1, -0.05) is 0 Å². The molecule has 0 radical (unpaired) electrons. The summed E-state index contributed by atoms with van der Waals surface area (Å²) in [6, 6.07) is 0. The topological polar surface area (TPSA) is 293 Å². The number of aliphatic hydroxyl groups excluding tert-OH is 9. The molecule has 0 spiro atoms. The molecule has 21 heteroatoms. The van der Waals surface area contributed by atoms with Crippen molar-refractivity contribution in [3.63, 3.8) is 0 Å². The molecule has 0 amide bonds. The van der Waals surface area contributed by atoms with Crippen LogP contribution < -0.4 is 0 Å². The van der Waals surface area contributed by atoms with Crippen molar-refractivity contribution in [3.8, 4) is 0 Å². The van der Waals surface area contributed by atoms with Crippen molar-refractivity contribution in [1.29, 1.82) is 0 Å². The van der Waals surface area contributed by atoms with E-state index in [-0.39, 0.29) is 119 Å². The summed E-state index contributed by atoms with van der Waals surface area (Å²) >= 11 is 0. The average molecular weight is 841 g/mol. The fourth-order valence-electron chi connectivity index (χ4n) is 5.37. The quantitative estimate of drug-likeness (QED) is 0.0282. The summed E-state index contributed by atoms with van der Waals surface area (Å²) in [7, 11) is 4.35. The molecule has 0 aromatic carbocycles. The molecule has 0 heterocycles. The fraction of sp³-hybridized carbons (Fsp3) is 1.00. The first-order chi connectivity index (χ1) is 27.3. The van der Waals surface area contributed by atoms with Crippen LogP contribution >= 0.6 is 0 Å². The first-order valence-corrected chi connectivity index (χ1v) is 19.2. The van der Waals surface area contributed by atoms with E-state index in [4.69, 9.17) is 56.8 Å². The standard InChI is InChI=1S/C36H72O21/c1-46-7-25(37)10-49-13-28(40)16-52-19-31(43)22-55-34-4-35(56-23-32(44)20-53-17-29(41)14-50-11-26(38)8-47-2)6-36(5-34)57-24-33(45)21-54-18-30(42)15-51-12-27(39)9-48-3/h25-45H,4-24H2,1-3H3. The second-order valence-electron chi connectivity index (χ2n) is 14.0. The lowest BCUT2D eigenvalue weighted by Gasteiger charge is -2.35. The molecular weight excluding hydrogens is 768 g/mol. The molecule has 342 valence electrons. The van der Waals surface area contributed by atoms with Gasteiger partial charge in [-0.05, 0) is 19.3 Å². The Morgan fingerprint density at radius 2 is 0.439 bits per heavy atom. The molecule has 9 atom stereocenters. The van der Waals surface area contributed by atoms with Crippen LogP contribution in [0.25, 0.3) is 0 Å². The normalized spacial score (nSPS) is 22.4. The molecule has 57 heavy (non-hydrogen) atoms.